The number of amides is 1. The second-order valence-corrected chi connectivity index (χ2v) is 6.99. The van der Waals surface area contributed by atoms with Gasteiger partial charge < -0.3 is 5.32 Å². The van der Waals surface area contributed by atoms with Crippen LogP contribution in [0.15, 0.2) is 54.6 Å². The lowest BCUT2D eigenvalue weighted by molar-refractivity contribution is 0.102. The van der Waals surface area contributed by atoms with Crippen molar-refractivity contribution < 1.29 is 9.18 Å². The van der Waals surface area contributed by atoms with Crippen LogP contribution in [0.3, 0.4) is 0 Å². The normalized spacial score (nSPS) is 11.0. The molecular formula is C23H21FN4O. The van der Waals surface area contributed by atoms with Gasteiger partial charge in [-0.1, -0.05) is 25.1 Å². The van der Waals surface area contributed by atoms with Crippen molar-refractivity contribution >= 4 is 22.6 Å². The smallest absolute Gasteiger partial charge is 0.256 e. The van der Waals surface area contributed by atoms with E-state index in [9.17, 15) is 9.18 Å². The largest absolute Gasteiger partial charge is 0.322 e. The van der Waals surface area contributed by atoms with Gasteiger partial charge in [0.15, 0.2) is 5.65 Å². The van der Waals surface area contributed by atoms with Gasteiger partial charge in [-0.3, -0.25) is 4.79 Å². The van der Waals surface area contributed by atoms with Crippen molar-refractivity contribution in [2.75, 3.05) is 5.32 Å². The number of benzene rings is 2. The zero-order valence-electron chi connectivity index (χ0n) is 16.5. The minimum atomic E-state index is -0.357. The molecule has 6 heteroatoms. The van der Waals surface area contributed by atoms with Gasteiger partial charge in [0.2, 0.25) is 0 Å². The van der Waals surface area contributed by atoms with Gasteiger partial charge in [-0.2, -0.15) is 5.10 Å². The van der Waals surface area contributed by atoms with E-state index < -0.39 is 0 Å². The van der Waals surface area contributed by atoms with Crippen LogP contribution in [0.25, 0.3) is 16.7 Å². The lowest BCUT2D eigenvalue weighted by Crippen LogP contribution is -2.13. The maximum absolute atomic E-state index is 13.7. The SMILES string of the molecule is CCc1ccc(NC(=O)c2cc(C)nc3c2c(C)nn3-c2cccc(F)c2)cc1. The van der Waals surface area contributed by atoms with E-state index >= 15 is 0 Å². The molecular weight excluding hydrogens is 367 g/mol. The fraction of sp³-hybridized carbons (Fsp3) is 0.174. The molecule has 4 rings (SSSR count). The van der Waals surface area contributed by atoms with E-state index in [1.807, 2.05) is 38.1 Å². The van der Waals surface area contributed by atoms with E-state index in [1.54, 1.807) is 22.9 Å². The molecule has 0 aliphatic heterocycles. The van der Waals surface area contributed by atoms with E-state index in [4.69, 9.17) is 0 Å². The number of carbonyl (C=O) groups excluding carboxylic acids is 1. The molecule has 0 aliphatic carbocycles. The molecule has 0 aliphatic rings. The number of hydrogen-bond acceptors (Lipinski definition) is 3. The number of pyridine rings is 1. The monoisotopic (exact) mass is 388 g/mol. The van der Waals surface area contributed by atoms with Crippen LogP contribution in [0.2, 0.25) is 0 Å². The van der Waals surface area contributed by atoms with E-state index in [2.05, 4.69) is 22.3 Å². The van der Waals surface area contributed by atoms with Gasteiger partial charge in [0.1, 0.15) is 5.82 Å². The Bertz CT molecular complexity index is 1210. The first-order valence-electron chi connectivity index (χ1n) is 9.49. The fourth-order valence-electron chi connectivity index (χ4n) is 3.40. The van der Waals surface area contributed by atoms with Crippen LogP contribution in [-0.2, 0) is 6.42 Å². The molecule has 0 saturated carbocycles. The highest BCUT2D eigenvalue weighted by molar-refractivity contribution is 6.12. The van der Waals surface area contributed by atoms with Crippen LogP contribution >= 0.6 is 0 Å². The molecule has 2 aromatic carbocycles. The highest BCUT2D eigenvalue weighted by atomic mass is 19.1. The molecule has 0 bridgehead atoms. The van der Waals surface area contributed by atoms with Crippen molar-refractivity contribution in [3.63, 3.8) is 0 Å². The summed E-state index contributed by atoms with van der Waals surface area (Å²) in [4.78, 5) is 17.6. The van der Waals surface area contributed by atoms with Crippen LogP contribution in [-0.4, -0.2) is 20.7 Å². The molecule has 146 valence electrons. The molecule has 4 aromatic rings. The molecule has 1 amide bonds. The first-order chi connectivity index (χ1) is 14.0. The lowest BCUT2D eigenvalue weighted by Gasteiger charge is -2.09. The minimum Gasteiger partial charge on any atom is -0.322 e. The van der Waals surface area contributed by atoms with Crippen LogP contribution in [0.1, 0.15) is 34.2 Å². The van der Waals surface area contributed by atoms with Crippen LogP contribution in [0, 0.1) is 19.7 Å². The van der Waals surface area contributed by atoms with E-state index in [1.165, 1.54) is 17.7 Å². The second kappa shape index (κ2) is 7.47. The molecule has 0 radical (unpaired) electrons. The van der Waals surface area contributed by atoms with Crippen molar-refractivity contribution in [1.29, 1.82) is 0 Å². The Labute approximate surface area is 168 Å². The van der Waals surface area contributed by atoms with Crippen molar-refractivity contribution in [3.05, 3.63) is 82.9 Å². The Kier molecular flexibility index (Phi) is 4.84. The van der Waals surface area contributed by atoms with Gasteiger partial charge in [-0.05, 0) is 62.2 Å². The average molecular weight is 388 g/mol. The number of aryl methyl sites for hydroxylation is 3. The predicted octanol–water partition coefficient (Wildman–Crippen LogP) is 4.99. The van der Waals surface area contributed by atoms with Gasteiger partial charge in [0.05, 0.1) is 22.3 Å². The summed E-state index contributed by atoms with van der Waals surface area (Å²) in [5.41, 5.74) is 4.85. The Hall–Kier alpha value is -3.54. The average Bonchev–Trinajstić information content (AvgIpc) is 3.04. The zero-order chi connectivity index (χ0) is 20.5. The number of halogens is 1. The summed E-state index contributed by atoms with van der Waals surface area (Å²) in [6.07, 6.45) is 0.941. The molecule has 0 unspecified atom stereocenters. The van der Waals surface area contributed by atoms with Crippen molar-refractivity contribution in [3.8, 4) is 5.69 Å². The maximum atomic E-state index is 13.7. The second-order valence-electron chi connectivity index (χ2n) is 6.99. The summed E-state index contributed by atoms with van der Waals surface area (Å²) in [6, 6.07) is 15.7. The molecule has 0 atom stereocenters. The number of nitrogens with one attached hydrogen (secondary N) is 1. The van der Waals surface area contributed by atoms with Gasteiger partial charge >= 0.3 is 0 Å². The number of fused-ring (bicyclic) bond motifs is 1. The Balaban J connectivity index is 1.79. The van der Waals surface area contributed by atoms with Crippen LogP contribution in [0.5, 0.6) is 0 Å². The van der Waals surface area contributed by atoms with E-state index in [-0.39, 0.29) is 11.7 Å². The molecule has 0 saturated heterocycles. The third kappa shape index (κ3) is 3.61. The fourth-order valence-corrected chi connectivity index (χ4v) is 3.40. The lowest BCUT2D eigenvalue weighted by atomic mass is 10.1. The summed E-state index contributed by atoms with van der Waals surface area (Å²) >= 11 is 0. The highest BCUT2D eigenvalue weighted by Gasteiger charge is 2.20. The molecule has 2 aromatic heterocycles. The van der Waals surface area contributed by atoms with Gasteiger partial charge in [0.25, 0.3) is 5.91 Å². The quantitative estimate of drug-likeness (QED) is 0.536. The zero-order valence-corrected chi connectivity index (χ0v) is 16.5. The van der Waals surface area contributed by atoms with E-state index in [0.717, 1.165) is 12.1 Å². The number of anilines is 1. The molecule has 0 fully saturated rings. The topological polar surface area (TPSA) is 59.8 Å². The number of nitrogens with zero attached hydrogens (tertiary/aromatic N) is 3. The van der Waals surface area contributed by atoms with Crippen molar-refractivity contribution in [2.24, 2.45) is 0 Å². The maximum Gasteiger partial charge on any atom is 0.256 e. The van der Waals surface area contributed by atoms with Gasteiger partial charge in [0, 0.05) is 11.4 Å². The molecule has 0 spiro atoms. The third-order valence-corrected chi connectivity index (χ3v) is 4.86. The molecule has 5 nitrogen and oxygen atoms in total. The van der Waals surface area contributed by atoms with Crippen molar-refractivity contribution in [1.82, 2.24) is 14.8 Å². The Morgan fingerprint density at radius 2 is 1.86 bits per heavy atom. The summed E-state index contributed by atoms with van der Waals surface area (Å²) in [5.74, 6) is -0.586. The summed E-state index contributed by atoms with van der Waals surface area (Å²) < 4.78 is 15.3. The minimum absolute atomic E-state index is 0.230. The standard InChI is InChI=1S/C23H21FN4O/c1-4-16-8-10-18(11-9-16)26-23(29)20-12-14(2)25-22-21(20)15(3)27-28(22)19-7-5-6-17(24)13-19/h5-13H,4H2,1-3H3,(H,26,29). The number of carbonyl (C=O) groups is 1. The molecule has 1 N–H and O–H groups in total. The highest BCUT2D eigenvalue weighted by Crippen LogP contribution is 2.26. The van der Waals surface area contributed by atoms with Crippen molar-refractivity contribution in [2.45, 2.75) is 27.2 Å². The van der Waals surface area contributed by atoms with E-state index in [0.29, 0.717) is 33.7 Å². The predicted molar refractivity (Wildman–Crippen MR) is 112 cm³/mol. The Morgan fingerprint density at radius 3 is 2.55 bits per heavy atom. The molecule has 2 heterocycles. The van der Waals surface area contributed by atoms with Gasteiger partial charge in [-0.15, -0.1) is 0 Å². The summed E-state index contributed by atoms with van der Waals surface area (Å²) in [5, 5.41) is 8.13. The third-order valence-electron chi connectivity index (χ3n) is 4.86. The number of rotatable bonds is 4. The molecule has 29 heavy (non-hydrogen) atoms. The number of hydrogen-bond donors (Lipinski definition) is 1. The number of aromatic nitrogens is 3. The van der Waals surface area contributed by atoms with Crippen LogP contribution < -0.4 is 5.32 Å². The first-order valence-corrected chi connectivity index (χ1v) is 9.49. The Morgan fingerprint density at radius 1 is 1.10 bits per heavy atom. The first kappa shape index (κ1) is 18.8. The van der Waals surface area contributed by atoms with Gasteiger partial charge in [-0.25, -0.2) is 14.1 Å². The van der Waals surface area contributed by atoms with Crippen LogP contribution in [0.4, 0.5) is 10.1 Å². The summed E-state index contributed by atoms with van der Waals surface area (Å²) in [7, 11) is 0. The summed E-state index contributed by atoms with van der Waals surface area (Å²) in [6.45, 7) is 5.73.